The Kier molecular flexibility index (Phi) is 2.90. The molecule has 4 nitrogen and oxygen atoms in total. The van der Waals surface area contributed by atoms with E-state index >= 15 is 0 Å². The predicted octanol–water partition coefficient (Wildman–Crippen LogP) is 1.99. The van der Waals surface area contributed by atoms with E-state index in [9.17, 15) is 9.59 Å². The van der Waals surface area contributed by atoms with Crippen LogP contribution in [0.3, 0.4) is 0 Å². The Labute approximate surface area is 93.5 Å². The lowest BCUT2D eigenvalue weighted by Gasteiger charge is -2.14. The molecular formula is C12H13NO3. The van der Waals surface area contributed by atoms with E-state index in [1.807, 2.05) is 6.92 Å². The molecule has 0 radical (unpaired) electrons. The van der Waals surface area contributed by atoms with Gasteiger partial charge in [-0.15, -0.1) is 0 Å². The van der Waals surface area contributed by atoms with E-state index < -0.39 is 0 Å². The molecule has 1 amide bonds. The van der Waals surface area contributed by atoms with E-state index in [1.165, 1.54) is 12.3 Å². The number of allylic oxidation sites excluding steroid dienone is 2. The van der Waals surface area contributed by atoms with Crippen LogP contribution in [-0.2, 0) is 4.79 Å². The molecule has 1 fully saturated rings. The van der Waals surface area contributed by atoms with Gasteiger partial charge in [0.25, 0.3) is 0 Å². The highest BCUT2D eigenvalue weighted by atomic mass is 16.3. The summed E-state index contributed by atoms with van der Waals surface area (Å²) >= 11 is 0. The van der Waals surface area contributed by atoms with Crippen molar-refractivity contribution >= 4 is 11.7 Å². The summed E-state index contributed by atoms with van der Waals surface area (Å²) in [6.45, 7) is 2.50. The van der Waals surface area contributed by atoms with Gasteiger partial charge in [-0.05, 0) is 25.5 Å². The van der Waals surface area contributed by atoms with Crippen LogP contribution in [0.15, 0.2) is 34.6 Å². The maximum atomic E-state index is 11.7. The van der Waals surface area contributed by atoms with Crippen LogP contribution in [0.5, 0.6) is 0 Å². The van der Waals surface area contributed by atoms with E-state index in [4.69, 9.17) is 4.42 Å². The molecule has 1 aromatic heterocycles. The lowest BCUT2D eigenvalue weighted by molar-refractivity contribution is -0.126. The van der Waals surface area contributed by atoms with Gasteiger partial charge in [0.15, 0.2) is 5.76 Å². The van der Waals surface area contributed by atoms with Gasteiger partial charge in [-0.2, -0.15) is 0 Å². The normalized spacial score (nSPS) is 18.4. The highest BCUT2D eigenvalue weighted by Gasteiger charge is 2.25. The van der Waals surface area contributed by atoms with Crippen LogP contribution in [0, 0.1) is 0 Å². The standard InChI is InChI=1S/C12H13NO3/c1-2-13-9(5-6-12(13)15)8-10(14)11-4-3-7-16-11/h3-4,7-8H,2,5-6H2,1H3/b9-8+. The summed E-state index contributed by atoms with van der Waals surface area (Å²) in [5, 5.41) is 0. The van der Waals surface area contributed by atoms with Crippen molar-refractivity contribution < 1.29 is 14.0 Å². The number of amides is 1. The second kappa shape index (κ2) is 4.35. The second-order valence-corrected chi connectivity index (χ2v) is 3.62. The zero-order valence-corrected chi connectivity index (χ0v) is 9.10. The van der Waals surface area contributed by atoms with Gasteiger partial charge in [0.2, 0.25) is 11.7 Å². The van der Waals surface area contributed by atoms with Crippen LogP contribution >= 0.6 is 0 Å². The minimum Gasteiger partial charge on any atom is -0.461 e. The zero-order chi connectivity index (χ0) is 11.5. The Morgan fingerprint density at radius 1 is 1.56 bits per heavy atom. The molecule has 1 aliphatic rings. The van der Waals surface area contributed by atoms with Gasteiger partial charge >= 0.3 is 0 Å². The Morgan fingerprint density at radius 2 is 2.38 bits per heavy atom. The van der Waals surface area contributed by atoms with E-state index in [2.05, 4.69) is 0 Å². The molecular weight excluding hydrogens is 206 g/mol. The molecule has 0 N–H and O–H groups in total. The third-order valence-corrected chi connectivity index (χ3v) is 2.62. The van der Waals surface area contributed by atoms with E-state index in [0.29, 0.717) is 25.1 Å². The number of ketones is 1. The van der Waals surface area contributed by atoms with Crippen molar-refractivity contribution in [2.24, 2.45) is 0 Å². The molecule has 0 bridgehead atoms. The average molecular weight is 219 g/mol. The highest BCUT2D eigenvalue weighted by molar-refractivity contribution is 6.03. The summed E-state index contributed by atoms with van der Waals surface area (Å²) in [6.07, 6.45) is 4.08. The second-order valence-electron chi connectivity index (χ2n) is 3.62. The van der Waals surface area contributed by atoms with E-state index in [-0.39, 0.29) is 11.7 Å². The van der Waals surface area contributed by atoms with Crippen LogP contribution in [0.1, 0.15) is 30.3 Å². The topological polar surface area (TPSA) is 50.5 Å². The monoisotopic (exact) mass is 219 g/mol. The number of furan rings is 1. The van der Waals surface area contributed by atoms with Crippen LogP contribution in [0.4, 0.5) is 0 Å². The maximum absolute atomic E-state index is 11.7. The maximum Gasteiger partial charge on any atom is 0.227 e. The van der Waals surface area contributed by atoms with Gasteiger partial charge in [-0.25, -0.2) is 0 Å². The summed E-state index contributed by atoms with van der Waals surface area (Å²) in [5.74, 6) is 0.206. The lowest BCUT2D eigenvalue weighted by atomic mass is 10.2. The van der Waals surface area contributed by atoms with E-state index in [1.54, 1.807) is 17.0 Å². The molecule has 0 spiro atoms. The Morgan fingerprint density at radius 3 is 3.00 bits per heavy atom. The summed E-state index contributed by atoms with van der Waals surface area (Å²) < 4.78 is 5.00. The smallest absolute Gasteiger partial charge is 0.227 e. The molecule has 0 aliphatic carbocycles. The Balaban J connectivity index is 2.18. The SMILES string of the molecule is CCN1C(=O)CC/C1=C\C(=O)c1ccco1. The van der Waals surface area contributed by atoms with Crippen LogP contribution in [0.25, 0.3) is 0 Å². The molecule has 0 saturated carbocycles. The van der Waals surface area contributed by atoms with Crippen LogP contribution < -0.4 is 0 Å². The molecule has 2 rings (SSSR count). The molecule has 1 aliphatic heterocycles. The summed E-state index contributed by atoms with van der Waals surface area (Å²) in [6, 6.07) is 3.29. The first-order chi connectivity index (χ1) is 7.72. The fraction of sp³-hybridized carbons (Fsp3) is 0.333. The average Bonchev–Trinajstić information content (AvgIpc) is 2.88. The van der Waals surface area contributed by atoms with Gasteiger partial charge in [0.1, 0.15) is 0 Å². The van der Waals surface area contributed by atoms with Crippen molar-refractivity contribution in [3.8, 4) is 0 Å². The molecule has 1 aromatic rings. The fourth-order valence-corrected chi connectivity index (χ4v) is 1.84. The number of nitrogens with zero attached hydrogens (tertiary/aromatic N) is 1. The van der Waals surface area contributed by atoms with Crippen molar-refractivity contribution in [1.29, 1.82) is 0 Å². The molecule has 2 heterocycles. The number of likely N-dealkylation sites (tertiary alicyclic amines) is 1. The summed E-state index contributed by atoms with van der Waals surface area (Å²) in [5.41, 5.74) is 0.786. The predicted molar refractivity (Wildman–Crippen MR) is 57.7 cm³/mol. The van der Waals surface area contributed by atoms with Crippen molar-refractivity contribution in [2.45, 2.75) is 19.8 Å². The third kappa shape index (κ3) is 1.91. The molecule has 0 unspecified atom stereocenters. The molecule has 0 atom stereocenters. The molecule has 1 saturated heterocycles. The van der Waals surface area contributed by atoms with Gasteiger partial charge in [0, 0.05) is 24.7 Å². The number of carbonyl (C=O) groups excluding carboxylic acids is 2. The molecule has 4 heteroatoms. The lowest BCUT2D eigenvalue weighted by Crippen LogP contribution is -2.23. The van der Waals surface area contributed by atoms with Gasteiger partial charge in [0.05, 0.1) is 6.26 Å². The Bertz CT molecular complexity index is 431. The molecule has 84 valence electrons. The number of rotatable bonds is 3. The first-order valence-corrected chi connectivity index (χ1v) is 5.31. The van der Waals surface area contributed by atoms with E-state index in [0.717, 1.165) is 5.70 Å². The zero-order valence-electron chi connectivity index (χ0n) is 9.10. The first kappa shape index (κ1) is 10.7. The number of carbonyl (C=O) groups is 2. The quantitative estimate of drug-likeness (QED) is 0.577. The van der Waals surface area contributed by atoms with Gasteiger partial charge < -0.3 is 9.32 Å². The van der Waals surface area contributed by atoms with Crippen molar-refractivity contribution in [3.63, 3.8) is 0 Å². The minimum absolute atomic E-state index is 0.0843. The van der Waals surface area contributed by atoms with Crippen LogP contribution in [-0.4, -0.2) is 23.1 Å². The number of hydrogen-bond donors (Lipinski definition) is 0. The minimum atomic E-state index is -0.187. The largest absolute Gasteiger partial charge is 0.461 e. The number of hydrogen-bond acceptors (Lipinski definition) is 3. The van der Waals surface area contributed by atoms with Gasteiger partial charge in [-0.3, -0.25) is 9.59 Å². The fourth-order valence-electron chi connectivity index (χ4n) is 1.84. The van der Waals surface area contributed by atoms with Crippen molar-refractivity contribution in [1.82, 2.24) is 4.90 Å². The molecule has 0 aromatic carbocycles. The van der Waals surface area contributed by atoms with Crippen molar-refractivity contribution in [3.05, 3.63) is 35.9 Å². The molecule has 16 heavy (non-hydrogen) atoms. The Hall–Kier alpha value is -1.84. The summed E-state index contributed by atoms with van der Waals surface area (Å²) in [7, 11) is 0. The third-order valence-electron chi connectivity index (χ3n) is 2.62. The van der Waals surface area contributed by atoms with Gasteiger partial charge in [-0.1, -0.05) is 0 Å². The highest BCUT2D eigenvalue weighted by Crippen LogP contribution is 2.22. The van der Waals surface area contributed by atoms with Crippen molar-refractivity contribution in [2.75, 3.05) is 6.54 Å². The first-order valence-electron chi connectivity index (χ1n) is 5.31. The van der Waals surface area contributed by atoms with Crippen LogP contribution in [0.2, 0.25) is 0 Å². The summed E-state index contributed by atoms with van der Waals surface area (Å²) in [4.78, 5) is 24.8.